The molecule has 1 aromatic heterocycles. The van der Waals surface area contributed by atoms with Gasteiger partial charge >= 0.3 is 0 Å². The molecule has 3 nitrogen and oxygen atoms in total. The van der Waals surface area contributed by atoms with Gasteiger partial charge in [0, 0.05) is 18.8 Å². The predicted octanol–water partition coefficient (Wildman–Crippen LogP) is 2.49. The fourth-order valence-electron chi connectivity index (χ4n) is 1.42. The molecule has 0 bridgehead atoms. The zero-order chi connectivity index (χ0) is 10.2. The third kappa shape index (κ3) is 4.21. The molecule has 0 atom stereocenters. The van der Waals surface area contributed by atoms with E-state index in [-0.39, 0.29) is 5.78 Å². The van der Waals surface area contributed by atoms with Crippen molar-refractivity contribution in [2.24, 2.45) is 0 Å². The smallest absolute Gasteiger partial charge is 0.140 e. The fraction of sp³-hybridized carbons (Fsp3) is 0.636. The van der Waals surface area contributed by atoms with Gasteiger partial charge in [-0.15, -0.1) is 0 Å². The molecule has 3 heteroatoms. The van der Waals surface area contributed by atoms with E-state index >= 15 is 0 Å². The number of nitrogens with one attached hydrogen (secondary N) is 1. The Bertz CT molecular complexity index is 254. The van der Waals surface area contributed by atoms with Gasteiger partial charge in [-0.25, -0.2) is 4.98 Å². The van der Waals surface area contributed by atoms with Crippen molar-refractivity contribution in [1.29, 1.82) is 0 Å². The number of carbonyl (C=O) groups excluding carboxylic acids is 1. The molecule has 0 fully saturated rings. The minimum atomic E-state index is 0.288. The summed E-state index contributed by atoms with van der Waals surface area (Å²) in [6.07, 6.45) is 9.22. The zero-order valence-electron chi connectivity index (χ0n) is 8.75. The molecule has 0 aliphatic rings. The Morgan fingerprint density at radius 2 is 2.29 bits per heavy atom. The van der Waals surface area contributed by atoms with E-state index in [0.717, 1.165) is 12.2 Å². The first-order chi connectivity index (χ1) is 6.83. The Balaban J connectivity index is 2.11. The summed E-state index contributed by atoms with van der Waals surface area (Å²) >= 11 is 0. The lowest BCUT2D eigenvalue weighted by molar-refractivity contribution is -0.118. The van der Waals surface area contributed by atoms with Gasteiger partial charge in [0.2, 0.25) is 0 Å². The summed E-state index contributed by atoms with van der Waals surface area (Å²) in [6.45, 7) is 2.17. The molecule has 0 aliphatic carbocycles. The van der Waals surface area contributed by atoms with Crippen LogP contribution in [-0.2, 0) is 11.2 Å². The maximum atomic E-state index is 11.4. The summed E-state index contributed by atoms with van der Waals surface area (Å²) in [6, 6.07) is 0. The molecule has 14 heavy (non-hydrogen) atoms. The second-order valence-corrected chi connectivity index (χ2v) is 3.56. The van der Waals surface area contributed by atoms with Crippen LogP contribution in [0.3, 0.4) is 0 Å². The normalized spacial score (nSPS) is 10.4. The lowest BCUT2D eigenvalue weighted by atomic mass is 10.1. The predicted molar refractivity (Wildman–Crippen MR) is 56.1 cm³/mol. The van der Waals surface area contributed by atoms with Crippen molar-refractivity contribution in [2.45, 2.75) is 45.4 Å². The summed E-state index contributed by atoms with van der Waals surface area (Å²) in [5, 5.41) is 0. The second kappa shape index (κ2) is 6.35. The van der Waals surface area contributed by atoms with E-state index in [1.54, 1.807) is 12.4 Å². The quantitative estimate of drug-likeness (QED) is 0.678. The second-order valence-electron chi connectivity index (χ2n) is 3.56. The largest absolute Gasteiger partial charge is 0.348 e. The Kier molecular flexibility index (Phi) is 4.97. The van der Waals surface area contributed by atoms with E-state index in [2.05, 4.69) is 16.9 Å². The van der Waals surface area contributed by atoms with E-state index in [0.29, 0.717) is 12.8 Å². The van der Waals surface area contributed by atoms with Gasteiger partial charge in [0.25, 0.3) is 0 Å². The van der Waals surface area contributed by atoms with Crippen LogP contribution < -0.4 is 0 Å². The van der Waals surface area contributed by atoms with Crippen LogP contribution in [0.4, 0.5) is 0 Å². The summed E-state index contributed by atoms with van der Waals surface area (Å²) < 4.78 is 0. The molecular formula is C11H18N2O. The molecule has 1 heterocycles. The number of rotatable bonds is 7. The minimum Gasteiger partial charge on any atom is -0.348 e. The molecule has 0 saturated carbocycles. The SMILES string of the molecule is CCCCCCC(=O)Cc1ncc[nH]1. The summed E-state index contributed by atoms with van der Waals surface area (Å²) in [5.41, 5.74) is 0. The van der Waals surface area contributed by atoms with Gasteiger partial charge in [-0.1, -0.05) is 26.2 Å². The van der Waals surface area contributed by atoms with Gasteiger partial charge in [-0.2, -0.15) is 0 Å². The van der Waals surface area contributed by atoms with Crippen molar-refractivity contribution in [2.75, 3.05) is 0 Å². The maximum Gasteiger partial charge on any atom is 0.140 e. The van der Waals surface area contributed by atoms with Crippen molar-refractivity contribution in [3.8, 4) is 0 Å². The molecule has 0 spiro atoms. The topological polar surface area (TPSA) is 45.8 Å². The van der Waals surface area contributed by atoms with Crippen molar-refractivity contribution in [1.82, 2.24) is 9.97 Å². The monoisotopic (exact) mass is 194 g/mol. The van der Waals surface area contributed by atoms with Gasteiger partial charge in [-0.05, 0) is 6.42 Å². The first-order valence-electron chi connectivity index (χ1n) is 5.33. The fourth-order valence-corrected chi connectivity index (χ4v) is 1.42. The van der Waals surface area contributed by atoms with E-state index in [1.807, 2.05) is 0 Å². The van der Waals surface area contributed by atoms with Crippen LogP contribution in [0.1, 0.15) is 44.9 Å². The van der Waals surface area contributed by atoms with Crippen molar-refractivity contribution in [3.05, 3.63) is 18.2 Å². The Hall–Kier alpha value is -1.12. The van der Waals surface area contributed by atoms with Crippen LogP contribution in [0, 0.1) is 0 Å². The van der Waals surface area contributed by atoms with Crippen LogP contribution in [0.2, 0.25) is 0 Å². The van der Waals surface area contributed by atoms with E-state index in [9.17, 15) is 4.79 Å². The molecule has 78 valence electrons. The van der Waals surface area contributed by atoms with Crippen LogP contribution in [0.15, 0.2) is 12.4 Å². The molecule has 0 amide bonds. The van der Waals surface area contributed by atoms with Crippen molar-refractivity contribution in [3.63, 3.8) is 0 Å². The van der Waals surface area contributed by atoms with E-state index < -0.39 is 0 Å². The highest BCUT2D eigenvalue weighted by molar-refractivity contribution is 5.79. The third-order valence-electron chi connectivity index (χ3n) is 2.23. The number of imidazole rings is 1. The van der Waals surface area contributed by atoms with E-state index in [1.165, 1.54) is 19.3 Å². The van der Waals surface area contributed by atoms with Gasteiger partial charge in [0.1, 0.15) is 11.6 Å². The number of H-pyrrole nitrogens is 1. The maximum absolute atomic E-state index is 11.4. The number of Topliss-reactive ketones (excluding diaryl/α,β-unsaturated/α-hetero) is 1. The number of aromatic amines is 1. The molecule has 0 saturated heterocycles. The minimum absolute atomic E-state index is 0.288. The first-order valence-corrected chi connectivity index (χ1v) is 5.33. The number of hydrogen-bond donors (Lipinski definition) is 1. The lowest BCUT2D eigenvalue weighted by Crippen LogP contribution is -2.03. The summed E-state index contributed by atoms with van der Waals surface area (Å²) in [4.78, 5) is 18.4. The zero-order valence-corrected chi connectivity index (χ0v) is 8.75. The average Bonchev–Trinajstić information content (AvgIpc) is 2.65. The van der Waals surface area contributed by atoms with Gasteiger partial charge < -0.3 is 4.98 Å². The first kappa shape index (κ1) is 11.0. The highest BCUT2D eigenvalue weighted by Crippen LogP contribution is 2.04. The molecular weight excluding hydrogens is 176 g/mol. The molecule has 0 aliphatic heterocycles. The lowest BCUT2D eigenvalue weighted by Gasteiger charge is -1.98. The van der Waals surface area contributed by atoms with Gasteiger partial charge in [0.15, 0.2) is 0 Å². The number of ketones is 1. The van der Waals surface area contributed by atoms with Gasteiger partial charge in [-0.3, -0.25) is 4.79 Å². The number of unbranched alkanes of at least 4 members (excludes halogenated alkanes) is 3. The number of carbonyl (C=O) groups is 1. The van der Waals surface area contributed by atoms with Gasteiger partial charge in [0.05, 0.1) is 6.42 Å². The highest BCUT2D eigenvalue weighted by atomic mass is 16.1. The molecule has 1 rings (SSSR count). The van der Waals surface area contributed by atoms with Crippen LogP contribution in [0.25, 0.3) is 0 Å². The summed E-state index contributed by atoms with van der Waals surface area (Å²) in [7, 11) is 0. The third-order valence-corrected chi connectivity index (χ3v) is 2.23. The van der Waals surface area contributed by atoms with Crippen molar-refractivity contribution >= 4 is 5.78 Å². The van der Waals surface area contributed by atoms with Crippen molar-refractivity contribution < 1.29 is 4.79 Å². The van der Waals surface area contributed by atoms with Crippen LogP contribution >= 0.6 is 0 Å². The molecule has 0 unspecified atom stereocenters. The summed E-state index contributed by atoms with van der Waals surface area (Å²) in [5.74, 6) is 1.07. The van der Waals surface area contributed by atoms with Crippen LogP contribution in [-0.4, -0.2) is 15.8 Å². The molecule has 1 aromatic rings. The highest BCUT2D eigenvalue weighted by Gasteiger charge is 2.04. The Morgan fingerprint density at radius 1 is 1.43 bits per heavy atom. The number of nitrogens with zero attached hydrogens (tertiary/aromatic N) is 1. The number of hydrogen-bond acceptors (Lipinski definition) is 2. The Labute approximate surface area is 84.9 Å². The van der Waals surface area contributed by atoms with E-state index in [4.69, 9.17) is 0 Å². The molecule has 0 radical (unpaired) electrons. The molecule has 1 N–H and O–H groups in total. The van der Waals surface area contributed by atoms with Crippen LogP contribution in [0.5, 0.6) is 0 Å². The molecule has 0 aromatic carbocycles. The Morgan fingerprint density at radius 3 is 2.93 bits per heavy atom. The number of aromatic nitrogens is 2. The standard InChI is InChI=1S/C11H18N2O/c1-2-3-4-5-6-10(14)9-11-12-7-8-13-11/h7-8H,2-6,9H2,1H3,(H,12,13). The average molecular weight is 194 g/mol.